The summed E-state index contributed by atoms with van der Waals surface area (Å²) in [5, 5.41) is 16.2. The normalized spacial score (nSPS) is 17.4. The third kappa shape index (κ3) is 5.63. The van der Waals surface area contributed by atoms with Crippen molar-refractivity contribution in [1.82, 2.24) is 10.6 Å². The molecular weight excluding hydrogens is 314 g/mol. The molecule has 0 aromatic heterocycles. The highest BCUT2D eigenvalue weighted by atomic mass is 16.3. The lowest BCUT2D eigenvalue weighted by molar-refractivity contribution is 0.0151. The van der Waals surface area contributed by atoms with Crippen LogP contribution in [-0.2, 0) is 0 Å². The van der Waals surface area contributed by atoms with Crippen LogP contribution in [0, 0.1) is 11.3 Å². The van der Waals surface area contributed by atoms with Crippen molar-refractivity contribution in [3.8, 4) is 0 Å². The Kier molecular flexibility index (Phi) is 6.71. The van der Waals surface area contributed by atoms with Crippen molar-refractivity contribution in [2.45, 2.75) is 52.7 Å². The van der Waals surface area contributed by atoms with Gasteiger partial charge in [0, 0.05) is 36.8 Å². The van der Waals surface area contributed by atoms with Gasteiger partial charge in [0.15, 0.2) is 0 Å². The Morgan fingerprint density at radius 1 is 1.24 bits per heavy atom. The van der Waals surface area contributed by atoms with Gasteiger partial charge < -0.3 is 20.6 Å². The Morgan fingerprint density at radius 2 is 1.84 bits per heavy atom. The van der Waals surface area contributed by atoms with Gasteiger partial charge in [-0.1, -0.05) is 45.9 Å². The van der Waals surface area contributed by atoms with E-state index in [2.05, 4.69) is 39.8 Å². The van der Waals surface area contributed by atoms with Crippen LogP contribution in [-0.4, -0.2) is 42.9 Å². The van der Waals surface area contributed by atoms with Gasteiger partial charge in [-0.25, -0.2) is 4.79 Å². The molecule has 1 aromatic carbocycles. The van der Waals surface area contributed by atoms with Crippen molar-refractivity contribution in [3.05, 3.63) is 30.3 Å². The molecule has 0 spiro atoms. The maximum atomic E-state index is 12.2. The zero-order valence-corrected chi connectivity index (χ0v) is 16.0. The molecule has 0 unspecified atom stereocenters. The maximum absolute atomic E-state index is 12.2. The zero-order chi connectivity index (χ0) is 18.4. The molecule has 0 bridgehead atoms. The summed E-state index contributed by atoms with van der Waals surface area (Å²) >= 11 is 0. The van der Waals surface area contributed by atoms with Crippen LogP contribution in [0.1, 0.15) is 40.5 Å². The number of nitrogens with zero attached hydrogens (tertiary/aromatic N) is 1. The number of amides is 2. The minimum Gasteiger partial charge on any atom is -0.392 e. The van der Waals surface area contributed by atoms with Crippen molar-refractivity contribution in [1.29, 1.82) is 0 Å². The van der Waals surface area contributed by atoms with Gasteiger partial charge in [-0.05, 0) is 30.9 Å². The molecule has 25 heavy (non-hydrogen) atoms. The molecule has 5 nitrogen and oxygen atoms in total. The Hall–Kier alpha value is -1.75. The predicted octanol–water partition coefficient (Wildman–Crippen LogP) is 3.00. The van der Waals surface area contributed by atoms with E-state index in [9.17, 15) is 9.90 Å². The van der Waals surface area contributed by atoms with E-state index in [-0.39, 0.29) is 23.4 Å². The first-order valence-corrected chi connectivity index (χ1v) is 9.32. The standard InChI is InChI=1S/C20H33N3O2/c1-15(2)18(24)20(3,4)14-21-19(25)22-16-10-12-23(13-11-16)17-8-6-5-7-9-17/h5-9,15-16,18,24H,10-14H2,1-4H3,(H2,21,22,25)/t18-/m0/s1. The van der Waals surface area contributed by atoms with Crippen LogP contribution in [0.4, 0.5) is 10.5 Å². The van der Waals surface area contributed by atoms with Crippen molar-refractivity contribution < 1.29 is 9.90 Å². The summed E-state index contributed by atoms with van der Waals surface area (Å²) in [6, 6.07) is 10.5. The average Bonchev–Trinajstić information content (AvgIpc) is 2.61. The topological polar surface area (TPSA) is 64.6 Å². The molecular formula is C20H33N3O2. The van der Waals surface area contributed by atoms with Crippen LogP contribution in [0.3, 0.4) is 0 Å². The highest BCUT2D eigenvalue weighted by Crippen LogP contribution is 2.25. The molecule has 2 amide bonds. The second-order valence-electron chi connectivity index (χ2n) is 8.10. The number of hydrogen-bond donors (Lipinski definition) is 3. The SMILES string of the molecule is CC(C)[C@H](O)C(C)(C)CNC(=O)NC1CCN(c2ccccc2)CC1. The van der Waals surface area contributed by atoms with E-state index in [0.29, 0.717) is 6.54 Å². The number of urea groups is 1. The smallest absolute Gasteiger partial charge is 0.315 e. The highest BCUT2D eigenvalue weighted by molar-refractivity contribution is 5.74. The Balaban J connectivity index is 1.73. The molecule has 1 aliphatic heterocycles. The monoisotopic (exact) mass is 347 g/mol. The van der Waals surface area contributed by atoms with E-state index >= 15 is 0 Å². The van der Waals surface area contributed by atoms with E-state index in [0.717, 1.165) is 25.9 Å². The minimum atomic E-state index is -0.443. The lowest BCUT2D eigenvalue weighted by Crippen LogP contribution is -2.51. The number of benzene rings is 1. The summed E-state index contributed by atoms with van der Waals surface area (Å²) in [5.74, 6) is 0.169. The van der Waals surface area contributed by atoms with Crippen molar-refractivity contribution in [2.75, 3.05) is 24.5 Å². The van der Waals surface area contributed by atoms with E-state index in [1.54, 1.807) is 0 Å². The first-order chi connectivity index (χ1) is 11.8. The number of rotatable bonds is 6. The van der Waals surface area contributed by atoms with E-state index in [1.165, 1.54) is 5.69 Å². The minimum absolute atomic E-state index is 0.137. The third-order valence-corrected chi connectivity index (χ3v) is 5.09. The van der Waals surface area contributed by atoms with Crippen LogP contribution >= 0.6 is 0 Å². The van der Waals surface area contributed by atoms with Gasteiger partial charge in [0.05, 0.1) is 6.10 Å². The summed E-state index contributed by atoms with van der Waals surface area (Å²) in [7, 11) is 0. The number of anilines is 1. The molecule has 0 radical (unpaired) electrons. The Labute approximate surface area is 151 Å². The second kappa shape index (κ2) is 8.56. The summed E-state index contributed by atoms with van der Waals surface area (Å²) < 4.78 is 0. The van der Waals surface area contributed by atoms with E-state index in [4.69, 9.17) is 0 Å². The largest absolute Gasteiger partial charge is 0.392 e. The van der Waals surface area contributed by atoms with Gasteiger partial charge in [0.25, 0.3) is 0 Å². The molecule has 3 N–H and O–H groups in total. The van der Waals surface area contributed by atoms with Crippen molar-refractivity contribution >= 4 is 11.7 Å². The molecule has 1 aliphatic rings. The number of hydrogen-bond acceptors (Lipinski definition) is 3. The van der Waals surface area contributed by atoms with E-state index in [1.807, 2.05) is 33.8 Å². The molecule has 0 saturated carbocycles. The summed E-state index contributed by atoms with van der Waals surface area (Å²) in [6.45, 7) is 10.3. The lowest BCUT2D eigenvalue weighted by Gasteiger charge is -2.35. The first kappa shape index (κ1) is 19.6. The summed E-state index contributed by atoms with van der Waals surface area (Å²) in [4.78, 5) is 14.5. The molecule has 5 heteroatoms. The van der Waals surface area contributed by atoms with Gasteiger partial charge in [-0.3, -0.25) is 0 Å². The maximum Gasteiger partial charge on any atom is 0.315 e. The number of piperidine rings is 1. The molecule has 2 rings (SSSR count). The highest BCUT2D eigenvalue weighted by Gasteiger charge is 2.31. The number of carbonyl (C=O) groups excluding carboxylic acids is 1. The molecule has 1 saturated heterocycles. The fraction of sp³-hybridized carbons (Fsp3) is 0.650. The molecule has 140 valence electrons. The van der Waals surface area contributed by atoms with Crippen LogP contribution in [0.2, 0.25) is 0 Å². The average molecular weight is 348 g/mol. The number of para-hydroxylation sites is 1. The number of aliphatic hydroxyl groups is 1. The second-order valence-corrected chi connectivity index (χ2v) is 8.10. The quantitative estimate of drug-likeness (QED) is 0.741. The van der Waals surface area contributed by atoms with Gasteiger partial charge >= 0.3 is 6.03 Å². The summed E-state index contributed by atoms with van der Waals surface area (Å²) in [6.07, 6.45) is 1.45. The van der Waals surface area contributed by atoms with Gasteiger partial charge in [-0.2, -0.15) is 0 Å². The summed E-state index contributed by atoms with van der Waals surface area (Å²) in [5.41, 5.74) is 0.900. The number of aliphatic hydroxyl groups excluding tert-OH is 1. The Morgan fingerprint density at radius 3 is 2.40 bits per heavy atom. The third-order valence-electron chi connectivity index (χ3n) is 5.09. The molecule has 1 aromatic rings. The number of nitrogens with one attached hydrogen (secondary N) is 2. The lowest BCUT2D eigenvalue weighted by atomic mass is 9.81. The predicted molar refractivity (Wildman–Crippen MR) is 103 cm³/mol. The molecule has 1 heterocycles. The molecule has 0 aliphatic carbocycles. The van der Waals surface area contributed by atoms with Gasteiger partial charge in [0.2, 0.25) is 0 Å². The van der Waals surface area contributed by atoms with Crippen LogP contribution in [0.15, 0.2) is 30.3 Å². The fourth-order valence-electron chi connectivity index (χ4n) is 3.47. The first-order valence-electron chi connectivity index (χ1n) is 9.32. The molecule has 1 fully saturated rings. The van der Waals surface area contributed by atoms with Crippen LogP contribution < -0.4 is 15.5 Å². The molecule has 1 atom stereocenters. The Bertz CT molecular complexity index is 537. The van der Waals surface area contributed by atoms with Crippen molar-refractivity contribution in [2.24, 2.45) is 11.3 Å². The van der Waals surface area contributed by atoms with Crippen molar-refractivity contribution in [3.63, 3.8) is 0 Å². The zero-order valence-electron chi connectivity index (χ0n) is 16.0. The van der Waals surface area contributed by atoms with Crippen LogP contribution in [0.25, 0.3) is 0 Å². The van der Waals surface area contributed by atoms with Crippen LogP contribution in [0.5, 0.6) is 0 Å². The fourth-order valence-corrected chi connectivity index (χ4v) is 3.47. The van der Waals surface area contributed by atoms with Gasteiger partial charge in [0.1, 0.15) is 0 Å². The van der Waals surface area contributed by atoms with E-state index < -0.39 is 6.10 Å². The van der Waals surface area contributed by atoms with Gasteiger partial charge in [-0.15, -0.1) is 0 Å². The number of carbonyl (C=O) groups is 1.